The SMILES string of the molecule is CC[C@]1(c2ccccc2)NC(=O)N(NC(=O)C[NH+](C)Cc2cc(C)ccc2OC)C1=O. The number of rotatable bonds is 8. The Labute approximate surface area is 182 Å². The van der Waals surface area contributed by atoms with E-state index in [9.17, 15) is 14.4 Å². The van der Waals surface area contributed by atoms with Crippen molar-refractivity contribution in [1.82, 2.24) is 15.8 Å². The van der Waals surface area contributed by atoms with E-state index in [1.807, 2.05) is 57.3 Å². The molecule has 4 amide bonds. The van der Waals surface area contributed by atoms with Crippen molar-refractivity contribution in [3.8, 4) is 5.75 Å². The van der Waals surface area contributed by atoms with E-state index in [0.717, 1.165) is 26.8 Å². The van der Waals surface area contributed by atoms with E-state index in [2.05, 4.69) is 10.7 Å². The molecule has 2 aromatic rings. The summed E-state index contributed by atoms with van der Waals surface area (Å²) in [4.78, 5) is 39.1. The Balaban J connectivity index is 1.67. The fourth-order valence-electron chi connectivity index (χ4n) is 3.91. The van der Waals surface area contributed by atoms with Gasteiger partial charge < -0.3 is 15.0 Å². The summed E-state index contributed by atoms with van der Waals surface area (Å²) in [6, 6.07) is 14.3. The van der Waals surface area contributed by atoms with E-state index in [-0.39, 0.29) is 6.54 Å². The molecule has 1 aliphatic heterocycles. The molecule has 8 heteroatoms. The van der Waals surface area contributed by atoms with Gasteiger partial charge in [-0.2, -0.15) is 5.01 Å². The number of nitrogens with zero attached hydrogens (tertiary/aromatic N) is 1. The van der Waals surface area contributed by atoms with Crippen molar-refractivity contribution >= 4 is 17.8 Å². The molecular formula is C23H29N4O4+. The summed E-state index contributed by atoms with van der Waals surface area (Å²) >= 11 is 0. The maximum atomic E-state index is 13.1. The highest BCUT2D eigenvalue weighted by Crippen LogP contribution is 2.31. The van der Waals surface area contributed by atoms with Crippen LogP contribution in [0.2, 0.25) is 0 Å². The second-order valence-corrected chi connectivity index (χ2v) is 7.86. The van der Waals surface area contributed by atoms with Crippen LogP contribution in [-0.2, 0) is 21.7 Å². The van der Waals surface area contributed by atoms with Gasteiger partial charge in [-0.1, -0.05) is 48.9 Å². The Morgan fingerprint density at radius 1 is 1.19 bits per heavy atom. The molecule has 1 unspecified atom stereocenters. The average molecular weight is 426 g/mol. The lowest BCUT2D eigenvalue weighted by Crippen LogP contribution is -3.09. The van der Waals surface area contributed by atoms with Crippen molar-refractivity contribution in [2.24, 2.45) is 0 Å². The zero-order valence-corrected chi connectivity index (χ0v) is 18.3. The summed E-state index contributed by atoms with van der Waals surface area (Å²) in [7, 11) is 3.48. The van der Waals surface area contributed by atoms with Crippen molar-refractivity contribution in [2.45, 2.75) is 32.4 Å². The highest BCUT2D eigenvalue weighted by atomic mass is 16.5. The minimum Gasteiger partial charge on any atom is -0.496 e. The number of nitrogens with one attached hydrogen (secondary N) is 3. The van der Waals surface area contributed by atoms with E-state index in [1.165, 1.54) is 0 Å². The number of carbonyl (C=O) groups excluding carboxylic acids is 3. The number of amides is 4. The molecule has 8 nitrogen and oxygen atoms in total. The van der Waals surface area contributed by atoms with Crippen LogP contribution >= 0.6 is 0 Å². The highest BCUT2D eigenvalue weighted by Gasteiger charge is 2.52. The molecule has 3 rings (SSSR count). The molecule has 0 saturated carbocycles. The lowest BCUT2D eigenvalue weighted by atomic mass is 9.87. The third-order valence-electron chi connectivity index (χ3n) is 5.52. The van der Waals surface area contributed by atoms with Gasteiger partial charge in [-0.05, 0) is 31.0 Å². The van der Waals surface area contributed by atoms with Gasteiger partial charge in [-0.15, -0.1) is 0 Å². The first-order valence-corrected chi connectivity index (χ1v) is 10.3. The second-order valence-electron chi connectivity index (χ2n) is 7.86. The molecular weight excluding hydrogens is 396 g/mol. The van der Waals surface area contributed by atoms with Crippen LogP contribution in [0.1, 0.15) is 30.0 Å². The van der Waals surface area contributed by atoms with E-state index < -0.39 is 23.4 Å². The molecule has 3 N–H and O–H groups in total. The van der Waals surface area contributed by atoms with Crippen molar-refractivity contribution in [1.29, 1.82) is 0 Å². The molecule has 2 atom stereocenters. The summed E-state index contributed by atoms with van der Waals surface area (Å²) in [5.41, 5.74) is 4.06. The smallest absolute Gasteiger partial charge is 0.344 e. The summed E-state index contributed by atoms with van der Waals surface area (Å²) in [5.74, 6) is -0.153. The van der Waals surface area contributed by atoms with Crippen LogP contribution in [-0.4, -0.2) is 43.6 Å². The molecule has 1 saturated heterocycles. The van der Waals surface area contributed by atoms with Gasteiger partial charge in [0.05, 0.1) is 14.2 Å². The van der Waals surface area contributed by atoms with Gasteiger partial charge in [0, 0.05) is 5.56 Å². The van der Waals surface area contributed by atoms with Gasteiger partial charge in [-0.3, -0.25) is 15.0 Å². The van der Waals surface area contributed by atoms with E-state index in [0.29, 0.717) is 18.5 Å². The van der Waals surface area contributed by atoms with Crippen molar-refractivity contribution in [2.75, 3.05) is 20.7 Å². The molecule has 31 heavy (non-hydrogen) atoms. The number of benzene rings is 2. The zero-order chi connectivity index (χ0) is 22.6. The standard InChI is InChI=1S/C23H28N4O4/c1-5-23(18-9-7-6-8-10-18)21(29)27(22(30)24-23)25-20(28)15-26(3)14-17-13-16(2)11-12-19(17)31-4/h6-13H,5,14-15H2,1-4H3,(H,24,30)(H,25,28)/p+1/t23-/m1/s1. The fourth-order valence-corrected chi connectivity index (χ4v) is 3.91. The van der Waals surface area contributed by atoms with Crippen LogP contribution in [0.15, 0.2) is 48.5 Å². The van der Waals surface area contributed by atoms with Gasteiger partial charge in [0.2, 0.25) is 0 Å². The minimum atomic E-state index is -1.18. The molecule has 0 radical (unpaired) electrons. The predicted octanol–water partition coefficient (Wildman–Crippen LogP) is 0.907. The number of hydrogen-bond acceptors (Lipinski definition) is 4. The molecule has 2 aromatic carbocycles. The molecule has 164 valence electrons. The molecule has 0 aromatic heterocycles. The third-order valence-corrected chi connectivity index (χ3v) is 5.52. The lowest BCUT2D eigenvalue weighted by Gasteiger charge is -2.25. The summed E-state index contributed by atoms with van der Waals surface area (Å²) in [6.45, 7) is 4.46. The maximum Gasteiger partial charge on any atom is 0.344 e. The quantitative estimate of drug-likeness (QED) is 0.548. The summed E-state index contributed by atoms with van der Waals surface area (Å²) < 4.78 is 5.40. The van der Waals surface area contributed by atoms with Crippen LogP contribution in [0.3, 0.4) is 0 Å². The second kappa shape index (κ2) is 9.18. The molecule has 1 aliphatic rings. The topological polar surface area (TPSA) is 92.2 Å². The monoisotopic (exact) mass is 425 g/mol. The molecule has 1 heterocycles. The zero-order valence-electron chi connectivity index (χ0n) is 18.3. The number of ether oxygens (including phenoxy) is 1. The first-order chi connectivity index (χ1) is 14.8. The number of urea groups is 1. The number of methoxy groups -OCH3 is 1. The minimum absolute atomic E-state index is 0.0820. The van der Waals surface area contributed by atoms with Crippen LogP contribution < -0.4 is 20.4 Å². The predicted molar refractivity (Wildman–Crippen MR) is 115 cm³/mol. The number of imide groups is 1. The first-order valence-electron chi connectivity index (χ1n) is 10.3. The molecule has 0 bridgehead atoms. The van der Waals surface area contributed by atoms with Crippen molar-refractivity contribution in [3.63, 3.8) is 0 Å². The van der Waals surface area contributed by atoms with Gasteiger partial charge >= 0.3 is 6.03 Å². The van der Waals surface area contributed by atoms with E-state index in [4.69, 9.17) is 4.74 Å². The van der Waals surface area contributed by atoms with Crippen molar-refractivity contribution < 1.29 is 24.0 Å². The highest BCUT2D eigenvalue weighted by molar-refractivity contribution is 6.08. The van der Waals surface area contributed by atoms with E-state index >= 15 is 0 Å². The Bertz CT molecular complexity index is 979. The molecule has 1 fully saturated rings. The van der Waals surface area contributed by atoms with Crippen molar-refractivity contribution in [3.05, 3.63) is 65.2 Å². The summed E-state index contributed by atoms with van der Waals surface area (Å²) in [6.07, 6.45) is 0.367. The average Bonchev–Trinajstić information content (AvgIpc) is 2.99. The number of carbonyl (C=O) groups is 3. The number of aryl methyl sites for hydroxylation is 1. The Morgan fingerprint density at radius 2 is 1.90 bits per heavy atom. The van der Waals surface area contributed by atoms with Crippen LogP contribution in [0.25, 0.3) is 0 Å². The number of hydrazine groups is 1. The van der Waals surface area contributed by atoms with Gasteiger partial charge in [0.15, 0.2) is 6.54 Å². The van der Waals surface area contributed by atoms with E-state index in [1.54, 1.807) is 19.2 Å². The molecule has 0 spiro atoms. The third kappa shape index (κ3) is 4.54. The first kappa shape index (κ1) is 22.3. The van der Waals surface area contributed by atoms with Crippen LogP contribution in [0.5, 0.6) is 5.75 Å². The largest absolute Gasteiger partial charge is 0.496 e. The normalized spacial score (nSPS) is 19.2. The summed E-state index contributed by atoms with van der Waals surface area (Å²) in [5, 5.41) is 3.54. The fraction of sp³-hybridized carbons (Fsp3) is 0.348. The number of quaternary nitrogens is 1. The number of likely N-dealkylation sites (N-methyl/N-ethyl adjacent to an activating group) is 1. The Morgan fingerprint density at radius 3 is 2.55 bits per heavy atom. The Hall–Kier alpha value is -3.39. The Kier molecular flexibility index (Phi) is 6.60. The van der Waals surface area contributed by atoms with Crippen LogP contribution in [0, 0.1) is 6.92 Å². The van der Waals surface area contributed by atoms with Crippen LogP contribution in [0.4, 0.5) is 4.79 Å². The number of hydrogen-bond donors (Lipinski definition) is 3. The molecule has 0 aliphatic carbocycles. The van der Waals surface area contributed by atoms with Gasteiger partial charge in [0.25, 0.3) is 11.8 Å². The van der Waals surface area contributed by atoms with Gasteiger partial charge in [0.1, 0.15) is 17.8 Å². The maximum absolute atomic E-state index is 13.1. The lowest BCUT2D eigenvalue weighted by molar-refractivity contribution is -0.885. The van der Waals surface area contributed by atoms with Gasteiger partial charge in [-0.25, -0.2) is 4.79 Å².